The van der Waals surface area contributed by atoms with Gasteiger partial charge in [-0.2, -0.15) is 0 Å². The number of para-hydroxylation sites is 1. The third kappa shape index (κ3) is 5.15. The van der Waals surface area contributed by atoms with E-state index in [2.05, 4.69) is 5.32 Å². The summed E-state index contributed by atoms with van der Waals surface area (Å²) in [4.78, 5) is 13.5. The van der Waals surface area contributed by atoms with Crippen molar-refractivity contribution in [3.63, 3.8) is 0 Å². The van der Waals surface area contributed by atoms with Crippen LogP contribution in [0.2, 0.25) is 0 Å². The third-order valence-corrected chi connectivity index (χ3v) is 7.78. The maximum atomic E-state index is 12.9. The van der Waals surface area contributed by atoms with Crippen molar-refractivity contribution >= 4 is 50.4 Å². The molecule has 3 aromatic rings. The van der Waals surface area contributed by atoms with Crippen molar-refractivity contribution in [2.24, 2.45) is 0 Å². The van der Waals surface area contributed by atoms with Crippen LogP contribution in [0.4, 0.5) is 11.4 Å². The number of thioether (sulfide) groups is 1. The molecular formula is C20H20N2O3S3. The first-order chi connectivity index (χ1) is 13.5. The highest BCUT2D eigenvalue weighted by atomic mass is 32.2. The summed E-state index contributed by atoms with van der Waals surface area (Å²) in [5.41, 5.74) is 1.03. The number of carbonyl (C=O) groups excluding carboxylic acids is 1. The van der Waals surface area contributed by atoms with Gasteiger partial charge in [-0.3, -0.25) is 9.10 Å². The molecule has 0 aliphatic heterocycles. The number of carbonyl (C=O) groups is 1. The molecule has 28 heavy (non-hydrogen) atoms. The van der Waals surface area contributed by atoms with Crippen LogP contribution >= 0.6 is 23.1 Å². The summed E-state index contributed by atoms with van der Waals surface area (Å²) < 4.78 is 27.0. The highest BCUT2D eigenvalue weighted by Gasteiger charge is 2.21. The zero-order chi connectivity index (χ0) is 20.0. The molecule has 0 spiro atoms. The van der Waals surface area contributed by atoms with Crippen LogP contribution in [0.5, 0.6) is 0 Å². The summed E-state index contributed by atoms with van der Waals surface area (Å²) >= 11 is 3.18. The van der Waals surface area contributed by atoms with E-state index in [1.165, 1.54) is 40.1 Å². The molecule has 0 radical (unpaired) electrons. The van der Waals surface area contributed by atoms with Crippen molar-refractivity contribution in [3.05, 3.63) is 77.0 Å². The Morgan fingerprint density at radius 1 is 1.07 bits per heavy atom. The molecule has 3 rings (SSSR count). The highest BCUT2D eigenvalue weighted by Crippen LogP contribution is 2.24. The van der Waals surface area contributed by atoms with Gasteiger partial charge in [-0.1, -0.05) is 30.3 Å². The van der Waals surface area contributed by atoms with Crippen LogP contribution in [0.3, 0.4) is 0 Å². The van der Waals surface area contributed by atoms with Gasteiger partial charge in [-0.15, -0.1) is 23.1 Å². The molecule has 8 heteroatoms. The van der Waals surface area contributed by atoms with Crippen molar-refractivity contribution < 1.29 is 13.2 Å². The van der Waals surface area contributed by atoms with Gasteiger partial charge in [-0.25, -0.2) is 8.42 Å². The third-order valence-electron chi connectivity index (χ3n) is 3.95. The van der Waals surface area contributed by atoms with Crippen LogP contribution in [-0.4, -0.2) is 27.1 Å². The predicted molar refractivity (Wildman–Crippen MR) is 118 cm³/mol. The molecule has 0 fully saturated rings. The molecule has 1 N–H and O–H groups in total. The molecule has 0 saturated heterocycles. The van der Waals surface area contributed by atoms with Crippen molar-refractivity contribution in [2.75, 3.05) is 22.4 Å². The van der Waals surface area contributed by atoms with Gasteiger partial charge in [0.15, 0.2) is 0 Å². The minimum Gasteiger partial charge on any atom is -0.325 e. The van der Waals surface area contributed by atoms with E-state index in [9.17, 15) is 13.2 Å². The summed E-state index contributed by atoms with van der Waals surface area (Å²) in [6, 6.07) is 19.2. The normalized spacial score (nSPS) is 11.2. The summed E-state index contributed by atoms with van der Waals surface area (Å²) in [6.45, 7) is 0. The Labute approximate surface area is 173 Å². The van der Waals surface area contributed by atoms with Crippen molar-refractivity contribution in [1.82, 2.24) is 0 Å². The van der Waals surface area contributed by atoms with Gasteiger partial charge < -0.3 is 5.32 Å². The lowest BCUT2D eigenvalue weighted by atomic mass is 10.3. The average Bonchev–Trinajstić information content (AvgIpc) is 3.22. The summed E-state index contributed by atoms with van der Waals surface area (Å²) in [7, 11) is -2.21. The van der Waals surface area contributed by atoms with Crippen LogP contribution in [0.1, 0.15) is 4.88 Å². The number of hydrogen-bond donors (Lipinski definition) is 1. The quantitative estimate of drug-likeness (QED) is 0.571. The maximum absolute atomic E-state index is 12.9. The molecule has 1 heterocycles. The van der Waals surface area contributed by atoms with Crippen molar-refractivity contribution in [3.8, 4) is 0 Å². The van der Waals surface area contributed by atoms with Crippen molar-refractivity contribution in [1.29, 1.82) is 0 Å². The van der Waals surface area contributed by atoms with E-state index in [1.54, 1.807) is 47.7 Å². The fraction of sp³-hybridized carbons (Fsp3) is 0.150. The fourth-order valence-electron chi connectivity index (χ4n) is 2.51. The van der Waals surface area contributed by atoms with E-state index in [4.69, 9.17) is 0 Å². The van der Waals surface area contributed by atoms with Crippen molar-refractivity contribution in [2.45, 2.75) is 10.6 Å². The van der Waals surface area contributed by atoms with E-state index < -0.39 is 10.0 Å². The van der Waals surface area contributed by atoms with Crippen LogP contribution in [-0.2, 0) is 20.6 Å². The molecule has 0 atom stereocenters. The number of nitrogens with zero attached hydrogens (tertiary/aromatic N) is 1. The Bertz CT molecular complexity index is 1020. The van der Waals surface area contributed by atoms with Gasteiger partial charge in [0, 0.05) is 23.4 Å². The van der Waals surface area contributed by atoms with Gasteiger partial charge in [0.25, 0.3) is 10.0 Å². The number of nitrogens with one attached hydrogen (secondary N) is 1. The van der Waals surface area contributed by atoms with Crippen LogP contribution in [0.15, 0.2) is 77.0 Å². The second-order valence-electron chi connectivity index (χ2n) is 5.96. The SMILES string of the molecule is CN(c1ccccc1)S(=O)(=O)c1cccc(NC(=O)CSCc2cccs2)c1. The molecule has 0 aliphatic carbocycles. The Kier molecular flexibility index (Phi) is 6.77. The lowest BCUT2D eigenvalue weighted by Gasteiger charge is -2.19. The summed E-state index contributed by atoms with van der Waals surface area (Å²) in [5, 5.41) is 4.78. The molecule has 1 aromatic heterocycles. The van der Waals surface area contributed by atoms with Crippen LogP contribution < -0.4 is 9.62 Å². The van der Waals surface area contributed by atoms with E-state index in [-0.39, 0.29) is 10.8 Å². The van der Waals surface area contributed by atoms with Crippen LogP contribution in [0.25, 0.3) is 0 Å². The monoisotopic (exact) mass is 432 g/mol. The fourth-order valence-corrected chi connectivity index (χ4v) is 5.42. The lowest BCUT2D eigenvalue weighted by molar-refractivity contribution is -0.113. The topological polar surface area (TPSA) is 66.5 Å². The highest BCUT2D eigenvalue weighted by molar-refractivity contribution is 7.99. The van der Waals surface area contributed by atoms with Gasteiger partial charge in [0.2, 0.25) is 5.91 Å². The summed E-state index contributed by atoms with van der Waals surface area (Å²) in [6.07, 6.45) is 0. The Morgan fingerprint density at radius 2 is 1.86 bits per heavy atom. The van der Waals surface area contributed by atoms with Gasteiger partial charge in [-0.05, 0) is 41.8 Å². The first kappa shape index (κ1) is 20.4. The first-order valence-electron chi connectivity index (χ1n) is 8.51. The second-order valence-corrected chi connectivity index (χ2v) is 9.94. The standard InChI is InChI=1S/C20H20N2O3S3/c1-22(17-8-3-2-4-9-17)28(24,25)19-11-5-7-16(13-19)21-20(23)15-26-14-18-10-6-12-27-18/h2-13H,14-15H2,1H3,(H,21,23). The Balaban J connectivity index is 1.65. The van der Waals surface area contributed by atoms with E-state index in [1.807, 2.05) is 23.6 Å². The molecule has 0 bridgehead atoms. The molecule has 5 nitrogen and oxygen atoms in total. The minimum absolute atomic E-state index is 0.128. The lowest BCUT2D eigenvalue weighted by Crippen LogP contribution is -2.26. The predicted octanol–water partition coefficient (Wildman–Crippen LogP) is 4.45. The molecule has 0 unspecified atom stereocenters. The largest absolute Gasteiger partial charge is 0.325 e. The number of sulfonamides is 1. The van der Waals surface area contributed by atoms with E-state index >= 15 is 0 Å². The number of rotatable bonds is 8. The molecule has 1 amide bonds. The molecular weight excluding hydrogens is 412 g/mol. The number of thiophene rings is 1. The van der Waals surface area contributed by atoms with Gasteiger partial charge >= 0.3 is 0 Å². The smallest absolute Gasteiger partial charge is 0.264 e. The van der Waals surface area contributed by atoms with Gasteiger partial charge in [0.1, 0.15) is 0 Å². The maximum Gasteiger partial charge on any atom is 0.264 e. The number of anilines is 2. The average molecular weight is 433 g/mol. The molecule has 146 valence electrons. The number of benzene rings is 2. The second kappa shape index (κ2) is 9.27. The van der Waals surface area contributed by atoms with Gasteiger partial charge in [0.05, 0.1) is 16.3 Å². The molecule has 0 aliphatic rings. The van der Waals surface area contributed by atoms with Crippen LogP contribution in [0, 0.1) is 0 Å². The summed E-state index contributed by atoms with van der Waals surface area (Å²) in [5.74, 6) is 0.924. The molecule has 2 aromatic carbocycles. The first-order valence-corrected chi connectivity index (χ1v) is 12.0. The zero-order valence-corrected chi connectivity index (χ0v) is 17.7. The molecule has 0 saturated carbocycles. The number of amides is 1. The zero-order valence-electron chi connectivity index (χ0n) is 15.2. The minimum atomic E-state index is -3.72. The Hall–Kier alpha value is -2.29. The van der Waals surface area contributed by atoms with E-state index in [0.717, 1.165) is 5.75 Å². The Morgan fingerprint density at radius 3 is 2.57 bits per heavy atom. The number of hydrogen-bond acceptors (Lipinski definition) is 5. The van der Waals surface area contributed by atoms with E-state index in [0.29, 0.717) is 17.1 Å².